The van der Waals surface area contributed by atoms with Crippen molar-refractivity contribution in [3.05, 3.63) is 64.2 Å². The number of amides is 1. The molecule has 2 atom stereocenters. The number of phenolic OH excluding ortho intramolecular Hbond substituents is 1. The lowest BCUT2D eigenvalue weighted by Crippen LogP contribution is -2.27. The molecule has 1 saturated carbocycles. The predicted octanol–water partition coefficient (Wildman–Crippen LogP) is 3.38. The highest BCUT2D eigenvalue weighted by Crippen LogP contribution is 2.37. The third kappa shape index (κ3) is 3.98. The summed E-state index contributed by atoms with van der Waals surface area (Å²) in [6.07, 6.45) is 0.667. The van der Waals surface area contributed by atoms with Crippen LogP contribution in [0.4, 0.5) is 0 Å². The van der Waals surface area contributed by atoms with Crippen molar-refractivity contribution in [2.45, 2.75) is 39.5 Å². The van der Waals surface area contributed by atoms with Crippen LogP contribution in [0.2, 0.25) is 0 Å². The smallest absolute Gasteiger partial charge is 0.251 e. The van der Waals surface area contributed by atoms with Crippen molar-refractivity contribution in [1.29, 1.82) is 0 Å². The molecule has 0 aromatic heterocycles. The van der Waals surface area contributed by atoms with Crippen molar-refractivity contribution in [3.63, 3.8) is 0 Å². The maximum atomic E-state index is 12.9. The number of carbonyl (C=O) groups excluding carboxylic acids is 3. The maximum absolute atomic E-state index is 12.9. The monoisotopic (exact) mass is 379 g/mol. The van der Waals surface area contributed by atoms with Crippen LogP contribution in [0, 0.1) is 26.7 Å². The summed E-state index contributed by atoms with van der Waals surface area (Å²) in [7, 11) is 0. The predicted molar refractivity (Wildman–Crippen MR) is 107 cm³/mol. The standard InChI is InChI=1S/C23H25NO4/c1-13-10-14(2)20(15(3)11-13)21-19(26)12-17(22(21)27)8-9-24-23(28)16-4-6-18(25)7-5-16/h4-7,10-11,17,21,25H,8-9,12H2,1-3H3,(H,24,28). The summed E-state index contributed by atoms with van der Waals surface area (Å²) >= 11 is 0. The molecule has 2 aromatic carbocycles. The molecular weight excluding hydrogens is 354 g/mol. The van der Waals surface area contributed by atoms with Crippen molar-refractivity contribution in [3.8, 4) is 5.75 Å². The van der Waals surface area contributed by atoms with Gasteiger partial charge in [-0.1, -0.05) is 17.7 Å². The van der Waals surface area contributed by atoms with Gasteiger partial charge in [0.2, 0.25) is 0 Å². The highest BCUT2D eigenvalue weighted by atomic mass is 16.3. The molecular formula is C23H25NO4. The zero-order chi connectivity index (χ0) is 20.4. The SMILES string of the molecule is Cc1cc(C)c(C2C(=O)CC(CCNC(=O)c3ccc(O)cc3)C2=O)c(C)c1. The Morgan fingerprint density at radius 2 is 1.68 bits per heavy atom. The van der Waals surface area contributed by atoms with Crippen molar-refractivity contribution in [2.24, 2.45) is 5.92 Å². The first-order valence-corrected chi connectivity index (χ1v) is 9.49. The molecule has 0 bridgehead atoms. The van der Waals surface area contributed by atoms with E-state index in [-0.39, 0.29) is 35.6 Å². The molecule has 0 heterocycles. The molecule has 0 aliphatic heterocycles. The minimum atomic E-state index is -0.682. The van der Waals surface area contributed by atoms with E-state index in [0.717, 1.165) is 22.3 Å². The fourth-order valence-electron chi connectivity index (χ4n) is 4.12. The summed E-state index contributed by atoms with van der Waals surface area (Å²) in [5.41, 5.74) is 4.35. The molecule has 2 N–H and O–H groups in total. The number of rotatable bonds is 5. The average Bonchev–Trinajstić information content (AvgIpc) is 2.89. The molecule has 5 heteroatoms. The Balaban J connectivity index is 1.64. The van der Waals surface area contributed by atoms with E-state index in [9.17, 15) is 19.5 Å². The number of benzene rings is 2. The van der Waals surface area contributed by atoms with E-state index in [1.165, 1.54) is 24.3 Å². The summed E-state index contributed by atoms with van der Waals surface area (Å²) in [6.45, 7) is 6.21. The third-order valence-corrected chi connectivity index (χ3v) is 5.39. The molecule has 5 nitrogen and oxygen atoms in total. The Morgan fingerprint density at radius 3 is 2.29 bits per heavy atom. The molecule has 1 fully saturated rings. The summed E-state index contributed by atoms with van der Waals surface area (Å²) in [6, 6.07) is 9.99. The van der Waals surface area contributed by atoms with Crippen molar-refractivity contribution < 1.29 is 19.5 Å². The second-order valence-electron chi connectivity index (χ2n) is 7.61. The Morgan fingerprint density at radius 1 is 1.07 bits per heavy atom. The van der Waals surface area contributed by atoms with E-state index in [2.05, 4.69) is 5.32 Å². The molecule has 0 saturated heterocycles. The number of hydrogen-bond donors (Lipinski definition) is 2. The Hall–Kier alpha value is -2.95. The largest absolute Gasteiger partial charge is 0.508 e. The van der Waals surface area contributed by atoms with Gasteiger partial charge in [-0.3, -0.25) is 14.4 Å². The lowest BCUT2D eigenvalue weighted by atomic mass is 9.86. The van der Waals surface area contributed by atoms with Crippen LogP contribution in [0.15, 0.2) is 36.4 Å². The van der Waals surface area contributed by atoms with Gasteiger partial charge in [0.1, 0.15) is 17.5 Å². The Kier molecular flexibility index (Phi) is 5.63. The molecule has 2 unspecified atom stereocenters. The number of Topliss-reactive ketones (excluding diaryl/α,β-unsaturated/α-hetero) is 2. The number of hydrogen-bond acceptors (Lipinski definition) is 4. The fourth-order valence-corrected chi connectivity index (χ4v) is 4.12. The second-order valence-corrected chi connectivity index (χ2v) is 7.61. The van der Waals surface area contributed by atoms with Crippen molar-refractivity contribution >= 4 is 17.5 Å². The van der Waals surface area contributed by atoms with Gasteiger partial charge < -0.3 is 10.4 Å². The number of aryl methyl sites for hydroxylation is 3. The van der Waals surface area contributed by atoms with Crippen LogP contribution in [0.25, 0.3) is 0 Å². The van der Waals surface area contributed by atoms with Crippen LogP contribution >= 0.6 is 0 Å². The fraction of sp³-hybridized carbons (Fsp3) is 0.348. The van der Waals surface area contributed by atoms with Crippen LogP contribution in [0.1, 0.15) is 51.4 Å². The lowest BCUT2D eigenvalue weighted by Gasteiger charge is -2.16. The number of aromatic hydroxyl groups is 1. The molecule has 1 amide bonds. The van der Waals surface area contributed by atoms with E-state index in [1.807, 2.05) is 32.9 Å². The van der Waals surface area contributed by atoms with E-state index in [0.29, 0.717) is 18.5 Å². The average molecular weight is 379 g/mol. The molecule has 3 rings (SSSR count). The third-order valence-electron chi connectivity index (χ3n) is 5.39. The van der Waals surface area contributed by atoms with Gasteiger partial charge in [-0.05, 0) is 68.1 Å². The number of carbonyl (C=O) groups is 3. The van der Waals surface area contributed by atoms with Gasteiger partial charge in [0.15, 0.2) is 5.78 Å². The van der Waals surface area contributed by atoms with Gasteiger partial charge in [0.05, 0.1) is 0 Å². The van der Waals surface area contributed by atoms with Gasteiger partial charge in [0, 0.05) is 24.4 Å². The lowest BCUT2D eigenvalue weighted by molar-refractivity contribution is -0.124. The van der Waals surface area contributed by atoms with Gasteiger partial charge in [-0.2, -0.15) is 0 Å². The maximum Gasteiger partial charge on any atom is 0.251 e. The minimum Gasteiger partial charge on any atom is -0.508 e. The Bertz CT molecular complexity index is 907. The zero-order valence-corrected chi connectivity index (χ0v) is 16.4. The van der Waals surface area contributed by atoms with E-state index in [4.69, 9.17) is 0 Å². The number of phenols is 1. The van der Waals surface area contributed by atoms with Crippen LogP contribution < -0.4 is 5.32 Å². The van der Waals surface area contributed by atoms with Crippen molar-refractivity contribution in [2.75, 3.05) is 6.54 Å². The van der Waals surface area contributed by atoms with Gasteiger partial charge in [-0.15, -0.1) is 0 Å². The molecule has 2 aromatic rings. The molecule has 1 aliphatic rings. The van der Waals surface area contributed by atoms with Crippen LogP contribution in [-0.2, 0) is 9.59 Å². The normalized spacial score (nSPS) is 19.1. The minimum absolute atomic E-state index is 0.0325. The summed E-state index contributed by atoms with van der Waals surface area (Å²) in [4.78, 5) is 37.7. The molecule has 1 aliphatic carbocycles. The van der Waals surface area contributed by atoms with Gasteiger partial charge in [-0.25, -0.2) is 0 Å². The van der Waals surface area contributed by atoms with Crippen LogP contribution in [0.5, 0.6) is 5.75 Å². The summed E-state index contributed by atoms with van der Waals surface area (Å²) in [5.74, 6) is -1.29. The highest BCUT2D eigenvalue weighted by Gasteiger charge is 2.42. The topological polar surface area (TPSA) is 83.5 Å². The first kappa shape index (κ1) is 19.8. The summed E-state index contributed by atoms with van der Waals surface area (Å²) in [5, 5.41) is 12.1. The first-order valence-electron chi connectivity index (χ1n) is 9.49. The van der Waals surface area contributed by atoms with Gasteiger partial charge in [0.25, 0.3) is 5.91 Å². The second kappa shape index (κ2) is 7.97. The van der Waals surface area contributed by atoms with E-state index >= 15 is 0 Å². The molecule has 146 valence electrons. The molecule has 0 radical (unpaired) electrons. The van der Waals surface area contributed by atoms with Crippen LogP contribution in [0.3, 0.4) is 0 Å². The van der Waals surface area contributed by atoms with E-state index in [1.54, 1.807) is 0 Å². The first-order chi connectivity index (χ1) is 13.3. The molecule has 0 spiro atoms. The summed E-state index contributed by atoms with van der Waals surface area (Å²) < 4.78 is 0. The number of nitrogens with one attached hydrogen (secondary N) is 1. The number of ketones is 2. The van der Waals surface area contributed by atoms with E-state index < -0.39 is 5.92 Å². The zero-order valence-electron chi connectivity index (χ0n) is 16.4. The van der Waals surface area contributed by atoms with Crippen LogP contribution in [-0.4, -0.2) is 29.1 Å². The van der Waals surface area contributed by atoms with Crippen molar-refractivity contribution in [1.82, 2.24) is 5.32 Å². The highest BCUT2D eigenvalue weighted by molar-refractivity contribution is 6.15. The quantitative estimate of drug-likeness (QED) is 0.780. The molecule has 28 heavy (non-hydrogen) atoms. The van der Waals surface area contributed by atoms with Gasteiger partial charge >= 0.3 is 0 Å². The Labute approximate surface area is 164 Å².